The van der Waals surface area contributed by atoms with Gasteiger partial charge in [-0.05, 0) is 0 Å². The predicted octanol–water partition coefficient (Wildman–Crippen LogP) is -3.15. The van der Waals surface area contributed by atoms with Crippen LogP contribution in [0.3, 0.4) is 0 Å². The Morgan fingerprint density at radius 2 is 1.45 bits per heavy atom. The number of hydrogen-bond acceptors (Lipinski definition) is 17. The van der Waals surface area contributed by atoms with Gasteiger partial charge in [-0.1, -0.05) is 0 Å². The lowest BCUT2D eigenvalue weighted by Crippen LogP contribution is -2.20. The summed E-state index contributed by atoms with van der Waals surface area (Å²) in [5.74, 6) is -0.132. The first-order chi connectivity index (χ1) is 20.1. The normalized spacial score (nSPS) is 26.5. The monoisotopic (exact) mass is 614 g/mol. The summed E-state index contributed by atoms with van der Waals surface area (Å²) in [4.78, 5) is 57.8. The molecule has 6 heterocycles. The Morgan fingerprint density at radius 1 is 0.929 bits per heavy atom. The summed E-state index contributed by atoms with van der Waals surface area (Å²) in [6.07, 6.45) is -2.50. The van der Waals surface area contributed by atoms with Crippen molar-refractivity contribution in [2.75, 3.05) is 24.4 Å². The fourth-order valence-corrected chi connectivity index (χ4v) is 4.65. The Kier molecular flexibility index (Phi) is 8.75. The third-order valence-corrected chi connectivity index (χ3v) is 6.73. The molecule has 22 heteroatoms. The third kappa shape index (κ3) is 5.96. The molecule has 42 heavy (non-hydrogen) atoms. The minimum Gasteiger partial charge on any atom is -0.394 e. The van der Waals surface area contributed by atoms with E-state index in [4.69, 9.17) is 40.9 Å². The fourth-order valence-electron chi connectivity index (χ4n) is 4.41. The van der Waals surface area contributed by atoms with Crippen LogP contribution in [0.5, 0.6) is 0 Å². The van der Waals surface area contributed by atoms with Crippen LogP contribution in [0.15, 0.2) is 22.2 Å². The summed E-state index contributed by atoms with van der Waals surface area (Å²) in [5.41, 5.74) is 10.6. The highest BCUT2D eigenvalue weighted by atomic mass is 31.2. The largest absolute Gasteiger partial charge is 0.394 e. The van der Waals surface area contributed by atoms with Gasteiger partial charge in [0, 0.05) is 12.8 Å². The molecule has 21 nitrogen and oxygen atoms in total. The van der Waals surface area contributed by atoms with Gasteiger partial charge in [-0.15, -0.1) is 0 Å². The summed E-state index contributed by atoms with van der Waals surface area (Å²) in [7, 11) is -2.13. The van der Waals surface area contributed by atoms with Gasteiger partial charge in [0.15, 0.2) is 41.1 Å². The van der Waals surface area contributed by atoms with Gasteiger partial charge in [0.25, 0.3) is 11.1 Å². The smallest absolute Gasteiger partial charge is 0.280 e. The number of aromatic amines is 2. The Balaban J connectivity index is 0.000000171. The number of anilines is 2. The standard InChI is InChI=1S/C10H14N5O7P.C10H13N5O4/c11-10-13-7-6(8(18)14-10)12-2-15(7)9-4(17)1-5(20-9)21-22-23(19)3-16;11-10-13-7-6(8(18)14-10)12-3-15(7)9-5(17)1-4(2-16)19-9/h2,4-5,9,16-17,19H,1,3H2,(H3,11,13,14,18);3-5,9,16-17H,1-2H2,(H3,11,13,14,18)/t4?,5-,9-,23?;4-,5?,9+/m10/s1. The molecule has 0 amide bonds. The summed E-state index contributed by atoms with van der Waals surface area (Å²) < 4.78 is 18.3. The molecule has 0 aromatic carbocycles. The number of nitrogens with one attached hydrogen (secondary N) is 2. The lowest BCUT2D eigenvalue weighted by Gasteiger charge is -2.16. The van der Waals surface area contributed by atoms with Crippen LogP contribution in [0, 0.1) is 0 Å². The van der Waals surface area contributed by atoms with Gasteiger partial charge < -0.3 is 46.3 Å². The lowest BCUT2D eigenvalue weighted by atomic mass is 10.2. The van der Waals surface area contributed by atoms with Crippen LogP contribution >= 0.6 is 8.38 Å². The van der Waals surface area contributed by atoms with Crippen LogP contribution in [-0.2, 0) is 19.0 Å². The van der Waals surface area contributed by atoms with Crippen LogP contribution in [0.25, 0.3) is 22.3 Å². The highest BCUT2D eigenvalue weighted by Gasteiger charge is 2.38. The number of ether oxygens (including phenoxy) is 2. The molecule has 0 bridgehead atoms. The van der Waals surface area contributed by atoms with E-state index >= 15 is 0 Å². The SMILES string of the molecule is Nc1nc2c(ncn2[C@@H]2O[C@H](CO)CC2O)c(=O)[nH]1.Nc1nc2c(ncn2[C@@H]2O[C@H](OOP(O)CO)CC2O)c(=O)[nH]1. The molecule has 0 saturated carbocycles. The van der Waals surface area contributed by atoms with Gasteiger partial charge in [0.1, 0.15) is 18.6 Å². The molecule has 2 aliphatic rings. The number of rotatable bonds is 7. The van der Waals surface area contributed by atoms with Gasteiger partial charge in [0.05, 0.1) is 25.4 Å². The van der Waals surface area contributed by atoms with Gasteiger partial charge in [0.2, 0.25) is 20.3 Å². The Labute approximate surface area is 234 Å². The zero-order valence-corrected chi connectivity index (χ0v) is 22.3. The maximum absolute atomic E-state index is 11.7. The molecule has 4 aromatic heterocycles. The lowest BCUT2D eigenvalue weighted by molar-refractivity contribution is -0.318. The van der Waals surface area contributed by atoms with Crippen LogP contribution in [0.2, 0.25) is 0 Å². The molecule has 6 rings (SSSR count). The third-order valence-electron chi connectivity index (χ3n) is 6.23. The molecule has 7 atom stereocenters. The number of aromatic nitrogens is 8. The van der Waals surface area contributed by atoms with E-state index in [0.717, 1.165) is 0 Å². The predicted molar refractivity (Wildman–Crippen MR) is 140 cm³/mol. The van der Waals surface area contributed by atoms with Crippen molar-refractivity contribution in [1.82, 2.24) is 39.0 Å². The van der Waals surface area contributed by atoms with Crippen molar-refractivity contribution in [2.24, 2.45) is 0 Å². The van der Waals surface area contributed by atoms with Crippen LogP contribution < -0.4 is 22.6 Å². The number of aliphatic hydroxyl groups excluding tert-OH is 4. The van der Waals surface area contributed by atoms with Crippen molar-refractivity contribution in [3.63, 3.8) is 0 Å². The number of nitrogens with two attached hydrogens (primary N) is 2. The topological polar surface area (TPSA) is 317 Å². The van der Waals surface area contributed by atoms with Crippen molar-refractivity contribution in [3.8, 4) is 0 Å². The summed E-state index contributed by atoms with van der Waals surface area (Å²) >= 11 is 0. The molecule has 2 saturated heterocycles. The van der Waals surface area contributed by atoms with E-state index in [2.05, 4.69) is 34.6 Å². The first kappa shape index (κ1) is 29.8. The second kappa shape index (κ2) is 12.3. The van der Waals surface area contributed by atoms with Gasteiger partial charge in [-0.3, -0.25) is 28.7 Å². The number of aliphatic hydroxyl groups is 4. The first-order valence-corrected chi connectivity index (χ1v) is 13.6. The summed E-state index contributed by atoms with van der Waals surface area (Å²) in [6, 6.07) is 0. The average molecular weight is 614 g/mol. The van der Waals surface area contributed by atoms with Crippen molar-refractivity contribution in [2.45, 2.75) is 49.9 Å². The molecule has 0 spiro atoms. The molecular weight excluding hydrogens is 587 g/mol. The average Bonchev–Trinajstić information content (AvgIpc) is 3.72. The van der Waals surface area contributed by atoms with E-state index < -0.39 is 62.9 Å². The van der Waals surface area contributed by atoms with E-state index in [9.17, 15) is 19.8 Å². The molecule has 2 aliphatic heterocycles. The molecule has 0 aliphatic carbocycles. The zero-order valence-electron chi connectivity index (χ0n) is 21.4. The Hall–Kier alpha value is -3.63. The molecule has 4 aromatic rings. The Bertz CT molecular complexity index is 1660. The highest BCUT2D eigenvalue weighted by Crippen LogP contribution is 2.36. The van der Waals surface area contributed by atoms with Crippen molar-refractivity contribution in [1.29, 1.82) is 0 Å². The summed E-state index contributed by atoms with van der Waals surface area (Å²) in [6.45, 7) is -0.184. The maximum Gasteiger partial charge on any atom is 0.280 e. The van der Waals surface area contributed by atoms with Crippen LogP contribution in [0.4, 0.5) is 11.9 Å². The number of nitrogens with zero attached hydrogens (tertiary/aromatic N) is 6. The second-order valence-corrected chi connectivity index (χ2v) is 10.2. The molecule has 3 unspecified atom stereocenters. The molecular formula is C20H27N10O11P. The van der Waals surface area contributed by atoms with Gasteiger partial charge in [-0.2, -0.15) is 19.5 Å². The van der Waals surface area contributed by atoms with Crippen molar-refractivity contribution in [3.05, 3.63) is 33.4 Å². The van der Waals surface area contributed by atoms with E-state index in [1.807, 2.05) is 0 Å². The van der Waals surface area contributed by atoms with E-state index in [1.165, 1.54) is 21.8 Å². The minimum atomic E-state index is -2.13. The number of imidazole rings is 2. The maximum atomic E-state index is 11.7. The van der Waals surface area contributed by atoms with E-state index in [1.54, 1.807) is 0 Å². The molecule has 228 valence electrons. The highest BCUT2D eigenvalue weighted by molar-refractivity contribution is 7.45. The Morgan fingerprint density at radius 3 is 1.95 bits per heavy atom. The molecule has 0 radical (unpaired) electrons. The van der Waals surface area contributed by atoms with Crippen molar-refractivity contribution < 1.29 is 44.4 Å². The number of fused-ring (bicyclic) bond motifs is 2. The van der Waals surface area contributed by atoms with Crippen molar-refractivity contribution >= 4 is 42.6 Å². The van der Waals surface area contributed by atoms with Gasteiger partial charge in [-0.25, -0.2) is 9.97 Å². The quantitative estimate of drug-likeness (QED) is 0.0563. The minimum absolute atomic E-state index is 0.0366. The number of H-pyrrole nitrogens is 2. The summed E-state index contributed by atoms with van der Waals surface area (Å²) in [5, 5.41) is 37.7. The molecule has 11 N–H and O–H groups in total. The van der Waals surface area contributed by atoms with Crippen LogP contribution in [0.1, 0.15) is 25.3 Å². The fraction of sp³-hybridized carbons (Fsp3) is 0.500. The van der Waals surface area contributed by atoms with Gasteiger partial charge >= 0.3 is 0 Å². The molecule has 2 fully saturated rings. The second-order valence-electron chi connectivity index (χ2n) is 9.11. The van der Waals surface area contributed by atoms with E-state index in [0.29, 0.717) is 6.42 Å². The number of nitrogen functional groups attached to an aromatic ring is 2. The first-order valence-electron chi connectivity index (χ1n) is 12.2. The van der Waals surface area contributed by atoms with E-state index in [-0.39, 0.29) is 47.3 Å². The zero-order chi connectivity index (χ0) is 30.1. The van der Waals surface area contributed by atoms with Crippen LogP contribution in [-0.4, -0.2) is 102 Å². The number of hydrogen-bond donors (Lipinski definition) is 9.